The Hall–Kier alpha value is -1.93. The van der Waals surface area contributed by atoms with Gasteiger partial charge in [-0.3, -0.25) is 4.79 Å². The van der Waals surface area contributed by atoms with Gasteiger partial charge in [0.2, 0.25) is 11.8 Å². The van der Waals surface area contributed by atoms with Gasteiger partial charge in [0.1, 0.15) is 11.9 Å². The van der Waals surface area contributed by atoms with Crippen molar-refractivity contribution >= 4 is 17.7 Å². The summed E-state index contributed by atoms with van der Waals surface area (Å²) < 4.78 is 23.9. The molecule has 1 fully saturated rings. The van der Waals surface area contributed by atoms with Crippen LogP contribution in [0.5, 0.6) is 0 Å². The number of ether oxygens (including phenoxy) is 1. The molecule has 1 amide bonds. The second-order valence-corrected chi connectivity index (χ2v) is 6.05. The Labute approximate surface area is 137 Å². The summed E-state index contributed by atoms with van der Waals surface area (Å²) in [5.74, 6) is 0.408. The molecule has 1 saturated heterocycles. The summed E-state index contributed by atoms with van der Waals surface area (Å²) in [4.78, 5) is 14.1. The van der Waals surface area contributed by atoms with Crippen molar-refractivity contribution in [1.29, 1.82) is 0 Å². The molecule has 0 radical (unpaired) electrons. The van der Waals surface area contributed by atoms with E-state index in [-0.39, 0.29) is 23.6 Å². The first-order chi connectivity index (χ1) is 11.1. The van der Waals surface area contributed by atoms with Gasteiger partial charge in [-0.25, -0.2) is 4.39 Å². The van der Waals surface area contributed by atoms with Crippen LogP contribution < -0.4 is 0 Å². The number of rotatable bonds is 4. The van der Waals surface area contributed by atoms with Crippen LogP contribution in [0.1, 0.15) is 17.6 Å². The number of benzene rings is 1. The average Bonchev–Trinajstić information content (AvgIpc) is 2.99. The van der Waals surface area contributed by atoms with Crippen molar-refractivity contribution in [1.82, 2.24) is 15.1 Å². The number of hydrogen-bond donors (Lipinski definition) is 0. The van der Waals surface area contributed by atoms with Gasteiger partial charge in [0, 0.05) is 13.5 Å². The molecule has 2 heterocycles. The molecule has 0 unspecified atom stereocenters. The number of morpholine rings is 1. The highest BCUT2D eigenvalue weighted by Crippen LogP contribution is 2.24. The maximum absolute atomic E-state index is 13.0. The third-order valence-electron chi connectivity index (χ3n) is 3.49. The molecule has 0 spiro atoms. The Morgan fingerprint density at radius 3 is 2.87 bits per heavy atom. The van der Waals surface area contributed by atoms with E-state index in [1.165, 1.54) is 23.9 Å². The molecule has 1 aromatic heterocycles. The highest BCUT2D eigenvalue weighted by Gasteiger charge is 2.25. The molecule has 1 aliphatic rings. The van der Waals surface area contributed by atoms with Gasteiger partial charge in [-0.15, -0.1) is 10.2 Å². The smallest absolute Gasteiger partial charge is 0.277 e. The Morgan fingerprint density at radius 2 is 2.17 bits per heavy atom. The zero-order valence-electron chi connectivity index (χ0n) is 12.6. The Bertz CT molecular complexity index is 677. The van der Waals surface area contributed by atoms with Crippen molar-refractivity contribution in [2.75, 3.05) is 25.4 Å². The van der Waals surface area contributed by atoms with Crippen LogP contribution >= 0.6 is 11.8 Å². The van der Waals surface area contributed by atoms with E-state index in [4.69, 9.17) is 9.15 Å². The van der Waals surface area contributed by atoms with E-state index in [0.29, 0.717) is 30.8 Å². The largest absolute Gasteiger partial charge is 0.416 e. The van der Waals surface area contributed by atoms with E-state index in [1.54, 1.807) is 24.0 Å². The van der Waals surface area contributed by atoms with Crippen LogP contribution in [0.2, 0.25) is 0 Å². The van der Waals surface area contributed by atoms with Crippen molar-refractivity contribution < 1.29 is 18.3 Å². The fraction of sp³-hybridized carbons (Fsp3) is 0.400. The molecule has 122 valence electrons. The Morgan fingerprint density at radius 1 is 1.39 bits per heavy atom. The van der Waals surface area contributed by atoms with E-state index in [0.717, 1.165) is 5.56 Å². The fourth-order valence-electron chi connectivity index (χ4n) is 2.31. The molecule has 0 aliphatic carbocycles. The molecule has 23 heavy (non-hydrogen) atoms. The van der Waals surface area contributed by atoms with Crippen molar-refractivity contribution in [3.05, 3.63) is 41.5 Å². The van der Waals surface area contributed by atoms with Gasteiger partial charge in [-0.1, -0.05) is 23.9 Å². The first-order valence-electron chi connectivity index (χ1n) is 7.19. The summed E-state index contributed by atoms with van der Waals surface area (Å²) in [5, 5.41) is 7.96. The second-order valence-electron chi connectivity index (χ2n) is 5.13. The number of carbonyl (C=O) groups is 1. The maximum Gasteiger partial charge on any atom is 0.277 e. The molecule has 0 N–H and O–H groups in total. The third-order valence-corrected chi connectivity index (χ3v) is 4.29. The van der Waals surface area contributed by atoms with Crippen molar-refractivity contribution in [3.63, 3.8) is 0 Å². The van der Waals surface area contributed by atoms with Gasteiger partial charge in [0.05, 0.1) is 18.9 Å². The molecule has 0 saturated carbocycles. The topological polar surface area (TPSA) is 68.5 Å². The van der Waals surface area contributed by atoms with E-state index < -0.39 is 0 Å². The van der Waals surface area contributed by atoms with Gasteiger partial charge >= 0.3 is 0 Å². The molecule has 1 aliphatic heterocycles. The molecule has 3 rings (SSSR count). The number of hydrogen-bond acceptors (Lipinski definition) is 6. The van der Waals surface area contributed by atoms with Crippen LogP contribution in [0.4, 0.5) is 4.39 Å². The summed E-state index contributed by atoms with van der Waals surface area (Å²) in [6, 6.07) is 6.16. The maximum atomic E-state index is 13.0. The lowest BCUT2D eigenvalue weighted by atomic mass is 10.1. The van der Waals surface area contributed by atoms with Gasteiger partial charge in [0.15, 0.2) is 0 Å². The van der Waals surface area contributed by atoms with Crippen molar-refractivity contribution in [3.8, 4) is 0 Å². The number of amides is 1. The normalized spacial score (nSPS) is 18.2. The quantitative estimate of drug-likeness (QED) is 0.797. The van der Waals surface area contributed by atoms with Crippen molar-refractivity contribution in [2.24, 2.45) is 0 Å². The van der Waals surface area contributed by atoms with E-state index in [2.05, 4.69) is 10.2 Å². The van der Waals surface area contributed by atoms with Crippen molar-refractivity contribution in [2.45, 2.75) is 18.3 Å². The lowest BCUT2D eigenvalue weighted by molar-refractivity contribution is -0.136. The Balaban J connectivity index is 1.57. The minimum absolute atomic E-state index is 0.0127. The van der Waals surface area contributed by atoms with Gasteiger partial charge in [0.25, 0.3) is 5.22 Å². The summed E-state index contributed by atoms with van der Waals surface area (Å²) in [5.41, 5.74) is 0.865. The molecule has 8 heteroatoms. The highest BCUT2D eigenvalue weighted by atomic mass is 32.2. The van der Waals surface area contributed by atoms with E-state index in [9.17, 15) is 9.18 Å². The number of halogens is 1. The third kappa shape index (κ3) is 4.08. The standard InChI is InChI=1S/C15H16FN3O3S/c1-10-17-18-15(22-10)23-9-14(20)19-6-7-21-13(8-19)11-2-4-12(16)5-3-11/h2-5,13H,6-9H2,1H3/t13-/m1/s1. The van der Waals surface area contributed by atoms with E-state index in [1.807, 2.05) is 0 Å². The highest BCUT2D eigenvalue weighted by molar-refractivity contribution is 7.99. The lowest BCUT2D eigenvalue weighted by Crippen LogP contribution is -2.43. The van der Waals surface area contributed by atoms with Crippen LogP contribution in [0, 0.1) is 12.7 Å². The average molecular weight is 337 g/mol. The first-order valence-corrected chi connectivity index (χ1v) is 8.18. The molecule has 6 nitrogen and oxygen atoms in total. The molecular weight excluding hydrogens is 321 g/mol. The number of nitrogens with zero attached hydrogens (tertiary/aromatic N) is 3. The van der Waals surface area contributed by atoms with Gasteiger partial charge in [-0.05, 0) is 17.7 Å². The number of aryl methyl sites for hydroxylation is 1. The van der Waals surface area contributed by atoms with Crippen LogP contribution in [0.25, 0.3) is 0 Å². The summed E-state index contributed by atoms with van der Waals surface area (Å²) in [6.45, 7) is 3.15. The first kappa shape index (κ1) is 15.9. The fourth-order valence-corrected chi connectivity index (χ4v) is 3.01. The summed E-state index contributed by atoms with van der Waals surface area (Å²) >= 11 is 1.22. The zero-order chi connectivity index (χ0) is 16.2. The number of thioether (sulfide) groups is 1. The minimum atomic E-state index is -0.288. The van der Waals surface area contributed by atoms with Crippen LogP contribution in [0.3, 0.4) is 0 Å². The zero-order valence-corrected chi connectivity index (χ0v) is 13.4. The van der Waals surface area contributed by atoms with E-state index >= 15 is 0 Å². The number of aromatic nitrogens is 2. The second kappa shape index (κ2) is 7.10. The molecule has 0 bridgehead atoms. The summed E-state index contributed by atoms with van der Waals surface area (Å²) in [7, 11) is 0. The predicted molar refractivity (Wildman–Crippen MR) is 81.4 cm³/mol. The minimum Gasteiger partial charge on any atom is -0.416 e. The van der Waals surface area contributed by atoms with Crippen LogP contribution in [-0.4, -0.2) is 46.5 Å². The van der Waals surface area contributed by atoms with Gasteiger partial charge < -0.3 is 14.1 Å². The SMILES string of the molecule is Cc1nnc(SCC(=O)N2CCO[C@@H](c3ccc(F)cc3)C2)o1. The lowest BCUT2D eigenvalue weighted by Gasteiger charge is -2.33. The number of carbonyl (C=O) groups excluding carboxylic acids is 1. The molecule has 2 aromatic rings. The van der Waals surface area contributed by atoms with Crippen LogP contribution in [-0.2, 0) is 9.53 Å². The Kier molecular flexibility index (Phi) is 4.92. The van der Waals surface area contributed by atoms with Gasteiger partial charge in [-0.2, -0.15) is 0 Å². The van der Waals surface area contributed by atoms with Crippen LogP contribution in [0.15, 0.2) is 33.9 Å². The predicted octanol–water partition coefficient (Wildman–Crippen LogP) is 2.21. The molecule has 1 atom stereocenters. The molecular formula is C15H16FN3O3S. The monoisotopic (exact) mass is 337 g/mol. The summed E-state index contributed by atoms with van der Waals surface area (Å²) in [6.07, 6.45) is -0.232. The molecule has 1 aromatic carbocycles.